The molecule has 0 bridgehead atoms. The maximum Gasteiger partial charge on any atom is 0.573 e. The normalized spacial score (nSPS) is 24.0. The number of rotatable bonds is 5. The molecule has 2 atom stereocenters. The summed E-state index contributed by atoms with van der Waals surface area (Å²) in [7, 11) is 0. The molecule has 0 amide bonds. The van der Waals surface area contributed by atoms with Gasteiger partial charge in [0.25, 0.3) is 0 Å². The van der Waals surface area contributed by atoms with E-state index in [1.807, 2.05) is 11.8 Å². The largest absolute Gasteiger partial charge is 0.573 e. The van der Waals surface area contributed by atoms with Crippen LogP contribution in [-0.2, 0) is 6.42 Å². The van der Waals surface area contributed by atoms with E-state index in [-0.39, 0.29) is 16.5 Å². The van der Waals surface area contributed by atoms with Crippen molar-refractivity contribution in [1.82, 2.24) is 5.43 Å². The lowest BCUT2D eigenvalue weighted by atomic mass is 9.91. The van der Waals surface area contributed by atoms with Crippen LogP contribution < -0.4 is 16.0 Å². The summed E-state index contributed by atoms with van der Waals surface area (Å²) in [6.07, 6.45) is -1.73. The first kappa shape index (κ1) is 16.5. The molecular weight excluding hydrogens is 301 g/mol. The molecule has 0 radical (unpaired) electrons. The number of hydrazine groups is 1. The first-order valence-electron chi connectivity index (χ1n) is 6.77. The summed E-state index contributed by atoms with van der Waals surface area (Å²) in [5, 5.41) is 0. The van der Waals surface area contributed by atoms with E-state index in [1.165, 1.54) is 12.1 Å². The molecule has 1 aliphatic heterocycles. The highest BCUT2D eigenvalue weighted by Crippen LogP contribution is 2.41. The van der Waals surface area contributed by atoms with Crippen LogP contribution in [0.4, 0.5) is 13.2 Å². The topological polar surface area (TPSA) is 47.3 Å². The van der Waals surface area contributed by atoms with Crippen molar-refractivity contribution in [2.45, 2.75) is 43.3 Å². The molecule has 3 N–H and O–H groups in total. The van der Waals surface area contributed by atoms with Gasteiger partial charge in [-0.3, -0.25) is 11.3 Å². The molecule has 0 saturated carbocycles. The highest BCUT2D eigenvalue weighted by Gasteiger charge is 2.37. The maximum absolute atomic E-state index is 12.1. The fourth-order valence-electron chi connectivity index (χ4n) is 2.59. The average molecular weight is 320 g/mol. The smallest absolute Gasteiger partial charge is 0.406 e. The molecule has 118 valence electrons. The minimum Gasteiger partial charge on any atom is -0.406 e. The van der Waals surface area contributed by atoms with Crippen LogP contribution in [0.5, 0.6) is 5.75 Å². The second kappa shape index (κ2) is 6.46. The van der Waals surface area contributed by atoms with Gasteiger partial charge in [-0.1, -0.05) is 12.1 Å². The highest BCUT2D eigenvalue weighted by molar-refractivity contribution is 8.00. The summed E-state index contributed by atoms with van der Waals surface area (Å²) in [5.41, 5.74) is 3.79. The quantitative estimate of drug-likeness (QED) is 0.646. The van der Waals surface area contributed by atoms with Crippen molar-refractivity contribution < 1.29 is 17.9 Å². The molecule has 1 aromatic rings. The molecule has 21 heavy (non-hydrogen) atoms. The Bertz CT molecular complexity index is 458. The van der Waals surface area contributed by atoms with Crippen LogP contribution in [0.1, 0.15) is 25.3 Å². The monoisotopic (exact) mass is 320 g/mol. The number of hydrogen-bond donors (Lipinski definition) is 2. The van der Waals surface area contributed by atoms with Gasteiger partial charge in [0.05, 0.1) is 0 Å². The van der Waals surface area contributed by atoms with Gasteiger partial charge in [0.15, 0.2) is 0 Å². The summed E-state index contributed by atoms with van der Waals surface area (Å²) in [4.78, 5) is 0. The standard InChI is InChI=1S/C14H19F3N2OS/c1-13(7-2-8-21-13)12(19-18)9-10-3-5-11(6-4-10)20-14(15,16)17/h3-6,12,19H,2,7-9,18H2,1H3. The van der Waals surface area contributed by atoms with Gasteiger partial charge >= 0.3 is 6.36 Å². The predicted molar refractivity (Wildman–Crippen MR) is 78.0 cm³/mol. The van der Waals surface area contributed by atoms with Crippen LogP contribution in [0, 0.1) is 0 Å². The first-order chi connectivity index (χ1) is 9.82. The number of nitrogens with two attached hydrogens (primary N) is 1. The molecular formula is C14H19F3N2OS. The molecule has 1 aromatic carbocycles. The Balaban J connectivity index is 2.01. The SMILES string of the molecule is CC1(C(Cc2ccc(OC(F)(F)F)cc2)NN)CCCS1. The molecule has 2 rings (SSSR count). The number of alkyl halides is 3. The third-order valence-electron chi connectivity index (χ3n) is 3.78. The lowest BCUT2D eigenvalue weighted by Gasteiger charge is -2.33. The second-order valence-electron chi connectivity index (χ2n) is 5.38. The van der Waals surface area contributed by atoms with E-state index in [2.05, 4.69) is 17.1 Å². The Labute approximate surface area is 126 Å². The minimum atomic E-state index is -4.66. The van der Waals surface area contributed by atoms with E-state index in [0.717, 1.165) is 24.2 Å². The van der Waals surface area contributed by atoms with Gasteiger partial charge in [0.1, 0.15) is 5.75 Å². The van der Waals surface area contributed by atoms with Crippen molar-refractivity contribution in [1.29, 1.82) is 0 Å². The van der Waals surface area contributed by atoms with Crippen LogP contribution in [0.25, 0.3) is 0 Å². The van der Waals surface area contributed by atoms with Gasteiger partial charge in [0, 0.05) is 10.8 Å². The zero-order valence-electron chi connectivity index (χ0n) is 11.7. The maximum atomic E-state index is 12.1. The minimum absolute atomic E-state index is 0.0654. The molecule has 1 saturated heterocycles. The Morgan fingerprint density at radius 1 is 1.38 bits per heavy atom. The molecule has 3 nitrogen and oxygen atoms in total. The fraction of sp³-hybridized carbons (Fsp3) is 0.571. The zero-order valence-corrected chi connectivity index (χ0v) is 12.6. The molecule has 1 heterocycles. The molecule has 1 aliphatic rings. The number of hydrogen-bond acceptors (Lipinski definition) is 4. The summed E-state index contributed by atoms with van der Waals surface area (Å²) >= 11 is 1.89. The predicted octanol–water partition coefficient (Wildman–Crippen LogP) is 3.25. The van der Waals surface area contributed by atoms with Gasteiger partial charge in [-0.2, -0.15) is 11.8 Å². The average Bonchev–Trinajstić information content (AvgIpc) is 2.84. The van der Waals surface area contributed by atoms with E-state index in [9.17, 15) is 13.2 Å². The fourth-order valence-corrected chi connectivity index (χ4v) is 3.99. The van der Waals surface area contributed by atoms with Gasteiger partial charge in [-0.05, 0) is 49.6 Å². The summed E-state index contributed by atoms with van der Waals surface area (Å²) in [6.45, 7) is 2.18. The van der Waals surface area contributed by atoms with Crippen LogP contribution in [0.2, 0.25) is 0 Å². The molecule has 0 aromatic heterocycles. The van der Waals surface area contributed by atoms with Crippen molar-refractivity contribution in [2.24, 2.45) is 5.84 Å². The Morgan fingerprint density at radius 2 is 2.05 bits per heavy atom. The van der Waals surface area contributed by atoms with E-state index >= 15 is 0 Å². The van der Waals surface area contributed by atoms with Gasteiger partial charge < -0.3 is 4.74 Å². The number of nitrogens with one attached hydrogen (secondary N) is 1. The molecule has 1 fully saturated rings. The number of benzene rings is 1. The number of ether oxygens (including phenoxy) is 1. The Kier molecular flexibility index (Phi) is 5.06. The molecule has 7 heteroatoms. The van der Waals surface area contributed by atoms with Crippen LogP contribution >= 0.6 is 11.8 Å². The van der Waals surface area contributed by atoms with Crippen LogP contribution in [0.3, 0.4) is 0 Å². The Hall–Kier alpha value is -0.920. The summed E-state index contributed by atoms with van der Waals surface area (Å²) < 4.78 is 40.3. The van der Waals surface area contributed by atoms with Crippen molar-refractivity contribution >= 4 is 11.8 Å². The molecule has 0 aliphatic carbocycles. The number of thioether (sulfide) groups is 1. The van der Waals surface area contributed by atoms with Gasteiger partial charge in [-0.15, -0.1) is 13.2 Å². The zero-order chi connectivity index (χ0) is 15.5. The number of halogens is 3. The van der Waals surface area contributed by atoms with E-state index < -0.39 is 6.36 Å². The van der Waals surface area contributed by atoms with Crippen LogP contribution in [-0.4, -0.2) is 22.9 Å². The van der Waals surface area contributed by atoms with Gasteiger partial charge in [0.2, 0.25) is 0 Å². The molecule has 0 spiro atoms. The lowest BCUT2D eigenvalue weighted by Crippen LogP contribution is -2.49. The third-order valence-corrected chi connectivity index (χ3v) is 5.43. The van der Waals surface area contributed by atoms with E-state index in [1.54, 1.807) is 12.1 Å². The van der Waals surface area contributed by atoms with Gasteiger partial charge in [-0.25, -0.2) is 0 Å². The molecule has 2 unspecified atom stereocenters. The van der Waals surface area contributed by atoms with Crippen molar-refractivity contribution in [3.8, 4) is 5.75 Å². The van der Waals surface area contributed by atoms with Crippen molar-refractivity contribution in [3.05, 3.63) is 29.8 Å². The van der Waals surface area contributed by atoms with E-state index in [4.69, 9.17) is 5.84 Å². The second-order valence-corrected chi connectivity index (χ2v) is 7.01. The first-order valence-corrected chi connectivity index (χ1v) is 7.76. The van der Waals surface area contributed by atoms with Crippen LogP contribution in [0.15, 0.2) is 24.3 Å². The summed E-state index contributed by atoms with van der Waals surface area (Å²) in [5.74, 6) is 6.58. The van der Waals surface area contributed by atoms with Crippen molar-refractivity contribution in [3.63, 3.8) is 0 Å². The third kappa shape index (κ3) is 4.52. The highest BCUT2D eigenvalue weighted by atomic mass is 32.2. The van der Waals surface area contributed by atoms with E-state index in [0.29, 0.717) is 6.42 Å². The Morgan fingerprint density at radius 3 is 2.52 bits per heavy atom. The summed E-state index contributed by atoms with van der Waals surface area (Å²) in [6, 6.07) is 6.04. The van der Waals surface area contributed by atoms with Crippen molar-refractivity contribution in [2.75, 3.05) is 5.75 Å². The lowest BCUT2D eigenvalue weighted by molar-refractivity contribution is -0.274.